The Morgan fingerprint density at radius 2 is 1.91 bits per heavy atom. The molecule has 1 heterocycles. The topological polar surface area (TPSA) is 119 Å². The number of carbonyl (C=O) groups is 1. The van der Waals surface area contributed by atoms with Gasteiger partial charge in [0.15, 0.2) is 0 Å². The number of rotatable bonds is 8. The maximum absolute atomic E-state index is 13.4. The van der Waals surface area contributed by atoms with Crippen molar-refractivity contribution < 1.29 is 22.9 Å². The van der Waals surface area contributed by atoms with E-state index in [1.165, 1.54) is 25.1 Å². The molecule has 184 valence electrons. The van der Waals surface area contributed by atoms with Gasteiger partial charge in [0.05, 0.1) is 22.9 Å². The number of non-ortho nitro benzene ring substituents is 1. The summed E-state index contributed by atoms with van der Waals surface area (Å²) in [5.41, 5.74) is 0.739. The van der Waals surface area contributed by atoms with Crippen LogP contribution in [-0.2, 0) is 14.8 Å². The van der Waals surface area contributed by atoms with Crippen molar-refractivity contribution >= 4 is 27.3 Å². The van der Waals surface area contributed by atoms with Crippen LogP contribution in [0.3, 0.4) is 0 Å². The van der Waals surface area contributed by atoms with Crippen molar-refractivity contribution in [3.8, 4) is 5.75 Å². The molecular weight excluding hydrogens is 458 g/mol. The summed E-state index contributed by atoms with van der Waals surface area (Å²) in [6, 6.07) is 9.95. The highest BCUT2D eigenvalue weighted by molar-refractivity contribution is 7.92. The van der Waals surface area contributed by atoms with Gasteiger partial charge in [0.1, 0.15) is 17.4 Å². The molecule has 1 amide bonds. The minimum Gasteiger partial charge on any atom is -0.487 e. The van der Waals surface area contributed by atoms with Crippen molar-refractivity contribution in [1.82, 2.24) is 5.32 Å². The number of sulfonamides is 1. The SMILES string of the molecule is CCC1(CC)C[C@@H](NC(=O)[C@H](C)N(c2cc([N+](=O)[O-])ccc2C)S(C)(=O)=O)c2ccccc2O1. The Hall–Kier alpha value is -3.14. The fourth-order valence-electron chi connectivity index (χ4n) is 4.45. The summed E-state index contributed by atoms with van der Waals surface area (Å²) in [5.74, 6) is 0.198. The summed E-state index contributed by atoms with van der Waals surface area (Å²) in [4.78, 5) is 24.1. The monoisotopic (exact) mass is 489 g/mol. The number of nitro benzene ring substituents is 1. The largest absolute Gasteiger partial charge is 0.487 e. The third kappa shape index (κ3) is 5.01. The molecule has 10 heteroatoms. The van der Waals surface area contributed by atoms with Gasteiger partial charge >= 0.3 is 0 Å². The van der Waals surface area contributed by atoms with Crippen molar-refractivity contribution in [1.29, 1.82) is 0 Å². The molecule has 3 rings (SSSR count). The lowest BCUT2D eigenvalue weighted by Crippen LogP contribution is -2.51. The number of benzene rings is 2. The van der Waals surface area contributed by atoms with Crippen molar-refractivity contribution in [2.45, 2.75) is 64.6 Å². The van der Waals surface area contributed by atoms with Crippen LogP contribution in [0.5, 0.6) is 5.75 Å². The summed E-state index contributed by atoms with van der Waals surface area (Å²) in [6.07, 6.45) is 3.03. The number of para-hydroxylation sites is 1. The van der Waals surface area contributed by atoms with E-state index in [2.05, 4.69) is 5.32 Å². The molecule has 1 aliphatic rings. The van der Waals surface area contributed by atoms with Crippen LogP contribution in [0.2, 0.25) is 0 Å². The van der Waals surface area contributed by atoms with Gasteiger partial charge in [-0.25, -0.2) is 8.42 Å². The number of hydrogen-bond donors (Lipinski definition) is 1. The lowest BCUT2D eigenvalue weighted by atomic mass is 9.83. The standard InChI is InChI=1S/C24H31N3O6S/c1-6-24(7-2)15-20(19-10-8-9-11-22(19)33-24)25-23(28)17(4)26(34(5,31)32)21-14-18(27(29)30)13-12-16(21)3/h8-14,17,20H,6-7,15H2,1-5H3,(H,25,28)/t17-,20+/m0/s1. The summed E-state index contributed by atoms with van der Waals surface area (Å²) in [5, 5.41) is 14.3. The maximum Gasteiger partial charge on any atom is 0.271 e. The van der Waals surface area contributed by atoms with E-state index in [1.54, 1.807) is 6.92 Å². The van der Waals surface area contributed by atoms with E-state index in [1.807, 2.05) is 38.1 Å². The Kier molecular flexibility index (Phi) is 7.21. The summed E-state index contributed by atoms with van der Waals surface area (Å²) < 4.78 is 32.7. The number of fused-ring (bicyclic) bond motifs is 1. The third-order valence-electron chi connectivity index (χ3n) is 6.53. The fraction of sp³-hybridized carbons (Fsp3) is 0.458. The number of nitro groups is 1. The number of anilines is 1. The van der Waals surface area contributed by atoms with Crippen LogP contribution in [0.15, 0.2) is 42.5 Å². The molecule has 0 fully saturated rings. The lowest BCUT2D eigenvalue weighted by molar-refractivity contribution is -0.384. The van der Waals surface area contributed by atoms with Crippen LogP contribution < -0.4 is 14.4 Å². The van der Waals surface area contributed by atoms with Gasteiger partial charge in [-0.1, -0.05) is 38.1 Å². The molecule has 0 bridgehead atoms. The van der Waals surface area contributed by atoms with Crippen molar-refractivity contribution in [3.05, 3.63) is 63.7 Å². The number of aryl methyl sites for hydroxylation is 1. The van der Waals surface area contributed by atoms with Crippen molar-refractivity contribution in [3.63, 3.8) is 0 Å². The second kappa shape index (κ2) is 9.61. The zero-order valence-corrected chi connectivity index (χ0v) is 20.9. The molecule has 1 N–H and O–H groups in total. The Bertz CT molecular complexity index is 1190. The Labute approximate surface area is 200 Å². The van der Waals surface area contributed by atoms with Crippen LogP contribution >= 0.6 is 0 Å². The quantitative estimate of drug-likeness (QED) is 0.437. The number of amides is 1. The van der Waals surface area contributed by atoms with Crippen LogP contribution in [0.4, 0.5) is 11.4 Å². The van der Waals surface area contributed by atoms with E-state index in [0.717, 1.165) is 29.0 Å². The normalized spacial score (nSPS) is 17.7. The van der Waals surface area contributed by atoms with Crippen LogP contribution in [-0.4, -0.2) is 37.1 Å². The van der Waals surface area contributed by atoms with Gasteiger partial charge in [0.25, 0.3) is 5.69 Å². The molecule has 2 atom stereocenters. The van der Waals surface area contributed by atoms with Gasteiger partial charge in [-0.15, -0.1) is 0 Å². The summed E-state index contributed by atoms with van der Waals surface area (Å²) >= 11 is 0. The molecule has 9 nitrogen and oxygen atoms in total. The predicted octanol–water partition coefficient (Wildman–Crippen LogP) is 4.26. The molecule has 0 radical (unpaired) electrons. The number of nitrogens with one attached hydrogen (secondary N) is 1. The fourth-order valence-corrected chi connectivity index (χ4v) is 5.68. The zero-order valence-electron chi connectivity index (χ0n) is 20.1. The molecule has 0 aromatic heterocycles. The second-order valence-corrected chi connectivity index (χ2v) is 10.6. The zero-order chi connectivity index (χ0) is 25.3. The second-order valence-electron chi connectivity index (χ2n) is 8.76. The van der Waals surface area contributed by atoms with Crippen LogP contribution in [0, 0.1) is 17.0 Å². The average Bonchev–Trinajstić information content (AvgIpc) is 2.79. The molecule has 1 aliphatic heterocycles. The Balaban J connectivity index is 1.97. The predicted molar refractivity (Wildman–Crippen MR) is 131 cm³/mol. The van der Waals surface area contributed by atoms with E-state index < -0.39 is 32.5 Å². The van der Waals surface area contributed by atoms with Gasteiger partial charge in [0.2, 0.25) is 15.9 Å². The molecule has 0 aliphatic carbocycles. The molecule has 0 saturated heterocycles. The molecule has 0 saturated carbocycles. The van der Waals surface area contributed by atoms with Gasteiger partial charge in [-0.2, -0.15) is 0 Å². The van der Waals surface area contributed by atoms with Crippen molar-refractivity contribution in [2.75, 3.05) is 10.6 Å². The number of carbonyl (C=O) groups excluding carboxylic acids is 1. The lowest BCUT2D eigenvalue weighted by Gasteiger charge is -2.42. The first-order valence-corrected chi connectivity index (χ1v) is 13.1. The molecule has 2 aromatic rings. The molecule has 2 aromatic carbocycles. The molecule has 34 heavy (non-hydrogen) atoms. The smallest absolute Gasteiger partial charge is 0.271 e. The first-order valence-electron chi connectivity index (χ1n) is 11.2. The third-order valence-corrected chi connectivity index (χ3v) is 7.76. The summed E-state index contributed by atoms with van der Waals surface area (Å²) in [7, 11) is -3.94. The minimum absolute atomic E-state index is 0.100. The highest BCUT2D eigenvalue weighted by Gasteiger charge is 2.40. The molecular formula is C24H31N3O6S. The Morgan fingerprint density at radius 3 is 2.50 bits per heavy atom. The first kappa shape index (κ1) is 25.5. The number of nitrogens with zero attached hydrogens (tertiary/aromatic N) is 2. The van der Waals surface area contributed by atoms with E-state index >= 15 is 0 Å². The first-order chi connectivity index (χ1) is 15.9. The molecule has 0 unspecified atom stereocenters. The highest BCUT2D eigenvalue weighted by Crippen LogP contribution is 2.42. The maximum atomic E-state index is 13.4. The number of ether oxygens (including phenoxy) is 1. The van der Waals surface area contributed by atoms with Gasteiger partial charge in [-0.05, 0) is 38.3 Å². The van der Waals surface area contributed by atoms with E-state index in [4.69, 9.17) is 4.74 Å². The van der Waals surface area contributed by atoms with E-state index in [0.29, 0.717) is 17.7 Å². The van der Waals surface area contributed by atoms with E-state index in [9.17, 15) is 23.3 Å². The van der Waals surface area contributed by atoms with Gasteiger partial charge in [0, 0.05) is 24.1 Å². The van der Waals surface area contributed by atoms with Gasteiger partial charge in [-0.3, -0.25) is 19.2 Å². The highest BCUT2D eigenvalue weighted by atomic mass is 32.2. The Morgan fingerprint density at radius 1 is 1.26 bits per heavy atom. The van der Waals surface area contributed by atoms with Gasteiger partial charge < -0.3 is 10.1 Å². The van der Waals surface area contributed by atoms with E-state index in [-0.39, 0.29) is 17.4 Å². The summed E-state index contributed by atoms with van der Waals surface area (Å²) in [6.45, 7) is 7.20. The average molecular weight is 490 g/mol. The number of hydrogen-bond acceptors (Lipinski definition) is 6. The van der Waals surface area contributed by atoms with Crippen molar-refractivity contribution in [2.24, 2.45) is 0 Å². The van der Waals surface area contributed by atoms with Crippen LogP contribution in [0.1, 0.15) is 57.2 Å². The molecule has 0 spiro atoms. The minimum atomic E-state index is -3.94. The van der Waals surface area contributed by atoms with Crippen LogP contribution in [0.25, 0.3) is 0 Å².